The third-order valence-corrected chi connectivity index (χ3v) is 3.49. The van der Waals surface area contributed by atoms with Crippen molar-refractivity contribution in [3.05, 3.63) is 23.7 Å². The van der Waals surface area contributed by atoms with Gasteiger partial charge in [0.05, 0.1) is 12.8 Å². The molecule has 0 bridgehead atoms. The highest BCUT2D eigenvalue weighted by Crippen LogP contribution is 2.15. The van der Waals surface area contributed by atoms with E-state index in [1.54, 1.807) is 6.26 Å². The first-order valence-corrected chi connectivity index (χ1v) is 6.38. The smallest absolute Gasteiger partial charge is 0.118 e. The standard InChI is InChI=1S/C13H23N3O/c1-11-8-15(2)4-3-5-16(11)9-13-6-12(7-14)10-17-13/h6,10-11H,3-5,7-9,14H2,1-2H3. The predicted octanol–water partition coefficient (Wildman–Crippen LogP) is 1.26. The molecule has 0 amide bonds. The maximum absolute atomic E-state index is 5.59. The highest BCUT2D eigenvalue weighted by Gasteiger charge is 2.20. The molecule has 96 valence electrons. The first-order chi connectivity index (χ1) is 8.19. The molecule has 1 fully saturated rings. The van der Waals surface area contributed by atoms with Gasteiger partial charge in [0.2, 0.25) is 0 Å². The molecule has 1 aliphatic rings. The minimum Gasteiger partial charge on any atom is -0.468 e. The molecule has 1 aromatic heterocycles. The molecule has 2 N–H and O–H groups in total. The van der Waals surface area contributed by atoms with Crippen LogP contribution in [-0.2, 0) is 13.1 Å². The lowest BCUT2D eigenvalue weighted by Crippen LogP contribution is -2.37. The molecule has 0 aliphatic carbocycles. The van der Waals surface area contributed by atoms with Crippen LogP contribution < -0.4 is 5.73 Å². The van der Waals surface area contributed by atoms with Crippen molar-refractivity contribution in [2.24, 2.45) is 5.73 Å². The number of rotatable bonds is 3. The van der Waals surface area contributed by atoms with Crippen LogP contribution in [0.4, 0.5) is 0 Å². The van der Waals surface area contributed by atoms with Crippen molar-refractivity contribution in [2.75, 3.05) is 26.7 Å². The molecule has 1 atom stereocenters. The predicted molar refractivity (Wildman–Crippen MR) is 68.6 cm³/mol. The highest BCUT2D eigenvalue weighted by molar-refractivity contribution is 5.12. The Labute approximate surface area is 103 Å². The van der Waals surface area contributed by atoms with Gasteiger partial charge in [0.1, 0.15) is 5.76 Å². The maximum Gasteiger partial charge on any atom is 0.118 e. The molecule has 2 rings (SSSR count). The normalized spacial score (nSPS) is 23.8. The molecule has 0 spiro atoms. The van der Waals surface area contributed by atoms with E-state index >= 15 is 0 Å². The molecular formula is C13H23N3O. The Morgan fingerprint density at radius 3 is 3.00 bits per heavy atom. The molecular weight excluding hydrogens is 214 g/mol. The first-order valence-electron chi connectivity index (χ1n) is 6.38. The second-order valence-corrected chi connectivity index (χ2v) is 5.06. The molecule has 1 saturated heterocycles. The number of nitrogens with two attached hydrogens (primary N) is 1. The van der Waals surface area contributed by atoms with Crippen LogP contribution >= 0.6 is 0 Å². The van der Waals surface area contributed by atoms with Crippen LogP contribution in [0, 0.1) is 0 Å². The Morgan fingerprint density at radius 1 is 1.47 bits per heavy atom. The zero-order valence-corrected chi connectivity index (χ0v) is 10.9. The van der Waals surface area contributed by atoms with Crippen LogP contribution in [0.25, 0.3) is 0 Å². The summed E-state index contributed by atoms with van der Waals surface area (Å²) < 4.78 is 5.54. The minimum atomic E-state index is 0.557. The summed E-state index contributed by atoms with van der Waals surface area (Å²) in [6.45, 7) is 7.20. The Hall–Kier alpha value is -0.840. The van der Waals surface area contributed by atoms with Crippen molar-refractivity contribution in [1.82, 2.24) is 9.80 Å². The Kier molecular flexibility index (Phi) is 4.20. The first kappa shape index (κ1) is 12.6. The molecule has 1 aromatic rings. The Morgan fingerprint density at radius 2 is 2.29 bits per heavy atom. The van der Waals surface area contributed by atoms with E-state index in [2.05, 4.69) is 29.8 Å². The topological polar surface area (TPSA) is 45.6 Å². The lowest BCUT2D eigenvalue weighted by molar-refractivity contribution is 0.181. The second-order valence-electron chi connectivity index (χ2n) is 5.06. The molecule has 1 aliphatic heterocycles. The van der Waals surface area contributed by atoms with Gasteiger partial charge in [-0.1, -0.05) is 0 Å². The van der Waals surface area contributed by atoms with Gasteiger partial charge >= 0.3 is 0 Å². The van der Waals surface area contributed by atoms with Gasteiger partial charge in [-0.25, -0.2) is 0 Å². The molecule has 4 heteroatoms. The number of hydrogen-bond donors (Lipinski definition) is 1. The second kappa shape index (κ2) is 5.67. The summed E-state index contributed by atoms with van der Waals surface area (Å²) in [5.74, 6) is 1.03. The molecule has 17 heavy (non-hydrogen) atoms. The fraction of sp³-hybridized carbons (Fsp3) is 0.692. The highest BCUT2D eigenvalue weighted by atomic mass is 16.3. The summed E-state index contributed by atoms with van der Waals surface area (Å²) in [6.07, 6.45) is 3.00. The average Bonchev–Trinajstić information content (AvgIpc) is 2.68. The van der Waals surface area contributed by atoms with E-state index in [1.165, 1.54) is 13.0 Å². The van der Waals surface area contributed by atoms with E-state index < -0.39 is 0 Å². The summed E-state index contributed by atoms with van der Waals surface area (Å²) in [5, 5.41) is 0. The molecule has 4 nitrogen and oxygen atoms in total. The van der Waals surface area contributed by atoms with Gasteiger partial charge in [-0.15, -0.1) is 0 Å². The number of hydrogen-bond acceptors (Lipinski definition) is 4. The van der Waals surface area contributed by atoms with E-state index in [9.17, 15) is 0 Å². The summed E-state index contributed by atoms with van der Waals surface area (Å²) >= 11 is 0. The number of likely N-dealkylation sites (N-methyl/N-ethyl adjacent to an activating group) is 1. The molecule has 2 heterocycles. The van der Waals surface area contributed by atoms with Gasteiger partial charge in [0.15, 0.2) is 0 Å². The average molecular weight is 237 g/mol. The summed E-state index contributed by atoms with van der Waals surface area (Å²) in [5.41, 5.74) is 6.67. The van der Waals surface area contributed by atoms with Gasteiger partial charge in [0.25, 0.3) is 0 Å². The maximum atomic E-state index is 5.59. The van der Waals surface area contributed by atoms with E-state index in [-0.39, 0.29) is 0 Å². The van der Waals surface area contributed by atoms with Gasteiger partial charge < -0.3 is 15.1 Å². The minimum absolute atomic E-state index is 0.557. The van der Waals surface area contributed by atoms with Crippen molar-refractivity contribution < 1.29 is 4.42 Å². The monoisotopic (exact) mass is 237 g/mol. The lowest BCUT2D eigenvalue weighted by atomic mass is 10.2. The van der Waals surface area contributed by atoms with Crippen LogP contribution in [0.2, 0.25) is 0 Å². The van der Waals surface area contributed by atoms with Crippen molar-refractivity contribution in [3.63, 3.8) is 0 Å². The Bertz CT molecular complexity index is 350. The summed E-state index contributed by atoms with van der Waals surface area (Å²) in [4.78, 5) is 4.89. The van der Waals surface area contributed by atoms with Crippen LogP contribution in [0.3, 0.4) is 0 Å². The van der Waals surface area contributed by atoms with E-state index in [0.717, 1.165) is 31.0 Å². The van der Waals surface area contributed by atoms with Crippen LogP contribution in [0.1, 0.15) is 24.7 Å². The van der Waals surface area contributed by atoms with Crippen molar-refractivity contribution >= 4 is 0 Å². The van der Waals surface area contributed by atoms with Gasteiger partial charge in [-0.3, -0.25) is 4.90 Å². The van der Waals surface area contributed by atoms with Crippen LogP contribution in [0.5, 0.6) is 0 Å². The number of nitrogens with zero attached hydrogens (tertiary/aromatic N) is 2. The summed E-state index contributed by atoms with van der Waals surface area (Å²) in [7, 11) is 2.19. The molecule has 0 saturated carbocycles. The largest absolute Gasteiger partial charge is 0.468 e. The molecule has 1 unspecified atom stereocenters. The fourth-order valence-corrected chi connectivity index (χ4v) is 2.47. The fourth-order valence-electron chi connectivity index (χ4n) is 2.47. The van der Waals surface area contributed by atoms with E-state index in [0.29, 0.717) is 12.6 Å². The lowest BCUT2D eigenvalue weighted by Gasteiger charge is -2.26. The van der Waals surface area contributed by atoms with Crippen molar-refractivity contribution in [2.45, 2.75) is 32.5 Å². The quantitative estimate of drug-likeness (QED) is 0.860. The Balaban J connectivity index is 1.97. The number of furan rings is 1. The van der Waals surface area contributed by atoms with Gasteiger partial charge in [-0.2, -0.15) is 0 Å². The third kappa shape index (κ3) is 3.31. The van der Waals surface area contributed by atoms with Crippen molar-refractivity contribution in [1.29, 1.82) is 0 Å². The van der Waals surface area contributed by atoms with Gasteiger partial charge in [0, 0.05) is 31.2 Å². The zero-order chi connectivity index (χ0) is 12.3. The molecule has 0 aromatic carbocycles. The van der Waals surface area contributed by atoms with Gasteiger partial charge in [-0.05, 0) is 33.0 Å². The summed E-state index contributed by atoms with van der Waals surface area (Å²) in [6, 6.07) is 2.65. The van der Waals surface area contributed by atoms with E-state index in [4.69, 9.17) is 10.2 Å². The van der Waals surface area contributed by atoms with Crippen LogP contribution in [-0.4, -0.2) is 42.5 Å². The van der Waals surface area contributed by atoms with Crippen molar-refractivity contribution in [3.8, 4) is 0 Å². The zero-order valence-electron chi connectivity index (χ0n) is 10.9. The van der Waals surface area contributed by atoms with Crippen LogP contribution in [0.15, 0.2) is 16.7 Å². The molecule has 0 radical (unpaired) electrons. The van der Waals surface area contributed by atoms with E-state index in [1.807, 2.05) is 0 Å². The SMILES string of the molecule is CC1CN(C)CCCN1Cc1cc(CN)co1. The third-order valence-electron chi connectivity index (χ3n) is 3.49.